The number of hydrogen-bond donors (Lipinski definition) is 5. The van der Waals surface area contributed by atoms with Crippen LogP contribution >= 0.6 is 0 Å². The third-order valence-corrected chi connectivity index (χ3v) is 5.76. The lowest BCUT2D eigenvalue weighted by Gasteiger charge is -2.17. The largest absolute Gasteiger partial charge is 0.370 e. The van der Waals surface area contributed by atoms with Crippen LogP contribution < -0.4 is 27.4 Å². The molecule has 3 amide bonds. The summed E-state index contributed by atoms with van der Waals surface area (Å²) in [6, 6.07) is 29.4. The van der Waals surface area contributed by atoms with Crippen molar-refractivity contribution in [2.24, 2.45) is 16.5 Å². The number of nitrogens with two attached hydrogens (primary N) is 2. The van der Waals surface area contributed by atoms with Gasteiger partial charge in [0.1, 0.15) is 6.04 Å². The summed E-state index contributed by atoms with van der Waals surface area (Å²) in [5.74, 6) is -0.238. The van der Waals surface area contributed by atoms with Gasteiger partial charge in [-0.05, 0) is 29.5 Å². The maximum Gasteiger partial charge on any atom is 0.242 e. The summed E-state index contributed by atoms with van der Waals surface area (Å²) < 4.78 is 0. The summed E-state index contributed by atoms with van der Waals surface area (Å²) in [5.41, 5.74) is 13.9. The van der Waals surface area contributed by atoms with Gasteiger partial charge in [0.2, 0.25) is 18.2 Å². The molecule has 0 aliphatic heterocycles. The van der Waals surface area contributed by atoms with E-state index in [1.54, 1.807) is 0 Å². The average molecular weight is 575 g/mol. The topological polar surface area (TPSA) is 152 Å². The Morgan fingerprint density at radius 2 is 1.36 bits per heavy atom. The maximum atomic E-state index is 12.2. The lowest BCUT2D eigenvalue weighted by Crippen LogP contribution is -2.45. The highest BCUT2D eigenvalue weighted by molar-refractivity contribution is 5.86. The van der Waals surface area contributed by atoms with Crippen LogP contribution in [0.15, 0.2) is 96.0 Å². The fourth-order valence-electron chi connectivity index (χ4n) is 3.89. The zero-order valence-corrected chi connectivity index (χ0v) is 25.0. The van der Waals surface area contributed by atoms with Gasteiger partial charge >= 0.3 is 0 Å². The van der Waals surface area contributed by atoms with Gasteiger partial charge in [0, 0.05) is 32.5 Å². The Morgan fingerprint density at radius 1 is 0.857 bits per heavy atom. The molecular formula is C33H46N6O3. The molecule has 1 atom stereocenters. The van der Waals surface area contributed by atoms with E-state index in [2.05, 4.69) is 59.1 Å². The molecule has 0 aliphatic carbocycles. The van der Waals surface area contributed by atoms with Crippen LogP contribution in [0, 0.1) is 0 Å². The molecular weight excluding hydrogens is 528 g/mol. The maximum absolute atomic E-state index is 12.2. The molecule has 3 aromatic carbocycles. The Kier molecular flexibility index (Phi) is 18.6. The minimum atomic E-state index is -0.588. The molecule has 0 heterocycles. The van der Waals surface area contributed by atoms with Gasteiger partial charge in [0.15, 0.2) is 5.96 Å². The third kappa shape index (κ3) is 15.8. The van der Waals surface area contributed by atoms with E-state index in [4.69, 9.17) is 11.5 Å². The van der Waals surface area contributed by atoms with Crippen LogP contribution in [0.3, 0.4) is 0 Å². The second kappa shape index (κ2) is 22.1. The normalized spacial score (nSPS) is 10.5. The van der Waals surface area contributed by atoms with E-state index >= 15 is 0 Å². The number of rotatable bonds is 13. The lowest BCUT2D eigenvalue weighted by molar-refractivity contribution is -0.128. The molecule has 0 spiro atoms. The molecule has 3 aromatic rings. The molecule has 0 aromatic heterocycles. The molecule has 42 heavy (non-hydrogen) atoms. The number of carbonyl (C=O) groups is 3. The second-order valence-corrected chi connectivity index (χ2v) is 9.51. The van der Waals surface area contributed by atoms with E-state index in [-0.39, 0.29) is 23.7 Å². The van der Waals surface area contributed by atoms with Crippen LogP contribution in [0.4, 0.5) is 0 Å². The highest BCUT2D eigenvalue weighted by atomic mass is 16.2. The van der Waals surface area contributed by atoms with Crippen LogP contribution in [-0.2, 0) is 20.9 Å². The molecule has 0 saturated heterocycles. The fourth-order valence-corrected chi connectivity index (χ4v) is 3.89. The average Bonchev–Trinajstić information content (AvgIpc) is 3.00. The van der Waals surface area contributed by atoms with Crippen molar-refractivity contribution in [2.45, 2.75) is 58.5 Å². The highest BCUT2D eigenvalue weighted by Crippen LogP contribution is 2.23. The summed E-state index contributed by atoms with van der Waals surface area (Å²) >= 11 is 0. The summed E-state index contributed by atoms with van der Waals surface area (Å²) in [4.78, 5) is 37.7. The third-order valence-electron chi connectivity index (χ3n) is 5.76. The van der Waals surface area contributed by atoms with E-state index in [9.17, 15) is 14.4 Å². The van der Waals surface area contributed by atoms with Gasteiger partial charge < -0.3 is 27.4 Å². The predicted octanol–water partition coefficient (Wildman–Crippen LogP) is 3.84. The van der Waals surface area contributed by atoms with Crippen molar-refractivity contribution in [1.82, 2.24) is 16.0 Å². The summed E-state index contributed by atoms with van der Waals surface area (Å²) in [6.07, 6.45) is 3.07. The van der Waals surface area contributed by atoms with Crippen LogP contribution in [0.5, 0.6) is 0 Å². The van der Waals surface area contributed by atoms with Gasteiger partial charge in [-0.3, -0.25) is 19.4 Å². The monoisotopic (exact) mass is 574 g/mol. The smallest absolute Gasteiger partial charge is 0.242 e. The van der Waals surface area contributed by atoms with Crippen LogP contribution in [0.1, 0.15) is 62.6 Å². The Morgan fingerprint density at radius 3 is 1.81 bits per heavy atom. The summed E-state index contributed by atoms with van der Waals surface area (Å²) in [7, 11) is 0. The zero-order valence-electron chi connectivity index (χ0n) is 25.0. The number of carbonyl (C=O) groups excluding carboxylic acids is 3. The fraction of sp³-hybridized carbons (Fsp3) is 0.333. The molecule has 9 nitrogen and oxygen atoms in total. The number of aliphatic imine (C=N–C) groups is 1. The van der Waals surface area contributed by atoms with Crippen LogP contribution in [0.2, 0.25) is 0 Å². The second-order valence-electron chi connectivity index (χ2n) is 9.51. The Labute approximate surface area is 250 Å². The minimum absolute atomic E-state index is 0.0182. The van der Waals surface area contributed by atoms with Gasteiger partial charge in [-0.15, -0.1) is 0 Å². The Hall–Kier alpha value is -4.66. The predicted molar refractivity (Wildman–Crippen MR) is 171 cm³/mol. The van der Waals surface area contributed by atoms with Crippen molar-refractivity contribution in [2.75, 3.05) is 13.1 Å². The lowest BCUT2D eigenvalue weighted by atomic mass is 9.91. The van der Waals surface area contributed by atoms with Gasteiger partial charge in [-0.2, -0.15) is 0 Å². The zero-order chi connectivity index (χ0) is 31.0. The Bertz CT molecular complexity index is 1130. The SMILES string of the molecule is CC(=O)NC(CCCN=C(N)N)C(=O)NCc1ccccc1.CCC.O=CNCC(c1ccccc1)c1ccccc1. The molecule has 226 valence electrons. The molecule has 0 bridgehead atoms. The molecule has 7 N–H and O–H groups in total. The van der Waals surface area contributed by atoms with E-state index < -0.39 is 6.04 Å². The van der Waals surface area contributed by atoms with E-state index in [0.717, 1.165) is 12.0 Å². The minimum Gasteiger partial charge on any atom is -0.370 e. The van der Waals surface area contributed by atoms with Crippen LogP contribution in [-0.4, -0.2) is 43.3 Å². The molecule has 0 fully saturated rings. The first-order valence-corrected chi connectivity index (χ1v) is 14.2. The number of benzene rings is 3. The van der Waals surface area contributed by atoms with E-state index in [1.807, 2.05) is 66.7 Å². The van der Waals surface area contributed by atoms with Crippen molar-refractivity contribution >= 4 is 24.2 Å². The van der Waals surface area contributed by atoms with E-state index in [1.165, 1.54) is 24.5 Å². The van der Waals surface area contributed by atoms with Crippen LogP contribution in [0.25, 0.3) is 0 Å². The van der Waals surface area contributed by atoms with Crippen molar-refractivity contribution in [3.63, 3.8) is 0 Å². The number of guanidine groups is 1. The summed E-state index contributed by atoms with van der Waals surface area (Å²) in [5, 5.41) is 8.22. The quantitative estimate of drug-likeness (QED) is 0.0909. The number of nitrogens with one attached hydrogen (secondary N) is 3. The van der Waals surface area contributed by atoms with Crippen molar-refractivity contribution in [3.05, 3.63) is 108 Å². The van der Waals surface area contributed by atoms with Gasteiger partial charge in [-0.25, -0.2) is 0 Å². The first kappa shape index (κ1) is 35.4. The Balaban J connectivity index is 0.000000393. The van der Waals surface area contributed by atoms with Gasteiger partial charge in [0.25, 0.3) is 0 Å². The molecule has 3 rings (SSSR count). The van der Waals surface area contributed by atoms with Gasteiger partial charge in [-0.1, -0.05) is 111 Å². The number of amides is 3. The molecule has 1 unspecified atom stereocenters. The van der Waals surface area contributed by atoms with Crippen molar-refractivity contribution in [3.8, 4) is 0 Å². The van der Waals surface area contributed by atoms with Gasteiger partial charge in [0.05, 0.1) is 0 Å². The molecule has 0 aliphatic rings. The van der Waals surface area contributed by atoms with Crippen molar-refractivity contribution in [1.29, 1.82) is 0 Å². The molecule has 0 radical (unpaired) electrons. The van der Waals surface area contributed by atoms with E-state index in [0.29, 0.717) is 32.5 Å². The van der Waals surface area contributed by atoms with Crippen molar-refractivity contribution < 1.29 is 14.4 Å². The highest BCUT2D eigenvalue weighted by Gasteiger charge is 2.18. The first-order valence-electron chi connectivity index (χ1n) is 14.2. The first-order chi connectivity index (χ1) is 20.3. The number of nitrogens with zero attached hydrogens (tertiary/aromatic N) is 1. The molecule has 0 saturated carbocycles. The summed E-state index contributed by atoms with van der Waals surface area (Å²) in [6.45, 7) is 7.10. The standard InChI is InChI=1S/C15H23N5O2.C15H15NO.C3H8/c1-11(21)20-13(8-5-9-18-15(16)17)14(22)19-10-12-6-3-2-4-7-12;17-12-16-11-15(13-7-3-1-4-8-13)14-9-5-2-6-10-14;1-3-2/h2-4,6-7,13H,5,8-10H2,1H3,(H,19,22)(H,20,21)(H4,16,17,18);1-10,12,15H,11H2,(H,16,17);3H2,1-2H3. The molecule has 9 heteroatoms. The number of hydrogen-bond acceptors (Lipinski definition) is 4.